The van der Waals surface area contributed by atoms with Gasteiger partial charge < -0.3 is 0 Å². The zero-order valence-electron chi connectivity index (χ0n) is 8.29. The van der Waals surface area contributed by atoms with Crippen LogP contribution in [0, 0.1) is 17.0 Å². The first-order valence-electron chi connectivity index (χ1n) is 4.39. The lowest BCUT2D eigenvalue weighted by atomic mass is 10.2. The van der Waals surface area contributed by atoms with Crippen LogP contribution in [0.5, 0.6) is 0 Å². The van der Waals surface area contributed by atoms with Gasteiger partial charge in [0.2, 0.25) is 0 Å². The van der Waals surface area contributed by atoms with Gasteiger partial charge in [0, 0.05) is 11.6 Å². The van der Waals surface area contributed by atoms with Gasteiger partial charge in [0.15, 0.2) is 0 Å². The smallest absolute Gasteiger partial charge is 0.258 e. The summed E-state index contributed by atoms with van der Waals surface area (Å²) in [5.41, 5.74) is 1.38. The van der Waals surface area contributed by atoms with Gasteiger partial charge >= 0.3 is 0 Å². The molecule has 0 saturated heterocycles. The van der Waals surface area contributed by atoms with Gasteiger partial charge in [-0.15, -0.1) is 0 Å². The van der Waals surface area contributed by atoms with E-state index in [1.54, 1.807) is 17.7 Å². The maximum atomic E-state index is 10.7. The molecule has 0 saturated carbocycles. The first-order chi connectivity index (χ1) is 7.59. The fraction of sp³-hybridized carbons (Fsp3) is 0.111. The summed E-state index contributed by atoms with van der Waals surface area (Å²) in [6.45, 7) is 1.69. The topological polar surface area (TPSA) is 73.8 Å². The Morgan fingerprint density at radius 1 is 1.50 bits per heavy atom. The van der Waals surface area contributed by atoms with E-state index >= 15 is 0 Å². The van der Waals surface area contributed by atoms with E-state index in [4.69, 9.17) is 0 Å². The van der Waals surface area contributed by atoms with Gasteiger partial charge in [-0.25, -0.2) is 9.67 Å². The second kappa shape index (κ2) is 4.01. The number of aromatic nitrogens is 3. The number of nitrogens with zero attached hydrogens (tertiary/aromatic N) is 4. The van der Waals surface area contributed by atoms with Crippen LogP contribution in [0.3, 0.4) is 0 Å². The molecule has 0 aliphatic heterocycles. The maximum Gasteiger partial charge on any atom is 0.273 e. The lowest BCUT2D eigenvalue weighted by molar-refractivity contribution is -0.385. The van der Waals surface area contributed by atoms with Crippen LogP contribution in [-0.4, -0.2) is 19.7 Å². The third-order valence-corrected chi connectivity index (χ3v) is 2.76. The van der Waals surface area contributed by atoms with Gasteiger partial charge in [-0.3, -0.25) is 10.1 Å². The summed E-state index contributed by atoms with van der Waals surface area (Å²) in [6.07, 6.45) is 2.94. The summed E-state index contributed by atoms with van der Waals surface area (Å²) in [6, 6.07) is 3.16. The number of nitro groups is 1. The minimum Gasteiger partial charge on any atom is -0.258 e. The molecule has 7 heteroatoms. The van der Waals surface area contributed by atoms with Crippen molar-refractivity contribution in [3.05, 3.63) is 44.9 Å². The quantitative estimate of drug-likeness (QED) is 0.625. The van der Waals surface area contributed by atoms with E-state index in [1.165, 1.54) is 18.7 Å². The number of nitro benzene ring substituents is 1. The minimum absolute atomic E-state index is 0.0794. The van der Waals surface area contributed by atoms with Crippen molar-refractivity contribution in [2.75, 3.05) is 0 Å². The zero-order valence-corrected chi connectivity index (χ0v) is 9.88. The van der Waals surface area contributed by atoms with E-state index in [1.807, 2.05) is 0 Å². The van der Waals surface area contributed by atoms with E-state index in [0.717, 1.165) is 5.69 Å². The molecule has 1 aromatic heterocycles. The highest BCUT2D eigenvalue weighted by Gasteiger charge is 2.15. The predicted octanol–water partition coefficient (Wildman–Crippen LogP) is 2.25. The Bertz CT molecular complexity index is 539. The first kappa shape index (κ1) is 10.7. The molecule has 1 aromatic carbocycles. The molecule has 0 aliphatic carbocycles. The van der Waals surface area contributed by atoms with Crippen LogP contribution in [0.15, 0.2) is 29.3 Å². The Morgan fingerprint density at radius 3 is 2.81 bits per heavy atom. The molecular weight excluding hydrogens is 276 g/mol. The molecule has 0 spiro atoms. The van der Waals surface area contributed by atoms with E-state index in [9.17, 15) is 10.1 Å². The largest absolute Gasteiger partial charge is 0.273 e. The van der Waals surface area contributed by atoms with Crippen molar-refractivity contribution in [2.45, 2.75) is 6.92 Å². The van der Waals surface area contributed by atoms with Crippen LogP contribution < -0.4 is 0 Å². The van der Waals surface area contributed by atoms with Crippen LogP contribution in [0.4, 0.5) is 5.69 Å². The van der Waals surface area contributed by atoms with Gasteiger partial charge in [-0.2, -0.15) is 5.10 Å². The zero-order chi connectivity index (χ0) is 11.7. The van der Waals surface area contributed by atoms with E-state index in [0.29, 0.717) is 10.0 Å². The molecule has 0 aliphatic rings. The Balaban J connectivity index is 2.59. The molecule has 2 rings (SSSR count). The van der Waals surface area contributed by atoms with Gasteiger partial charge in [-0.1, -0.05) is 0 Å². The van der Waals surface area contributed by atoms with Crippen molar-refractivity contribution >= 4 is 21.6 Å². The number of rotatable bonds is 2. The summed E-state index contributed by atoms with van der Waals surface area (Å²) < 4.78 is 2.15. The molecule has 0 fully saturated rings. The van der Waals surface area contributed by atoms with Crippen LogP contribution in [-0.2, 0) is 0 Å². The third-order valence-electron chi connectivity index (χ3n) is 2.13. The number of hydrogen-bond acceptors (Lipinski definition) is 4. The van der Waals surface area contributed by atoms with Crippen molar-refractivity contribution in [3.8, 4) is 5.69 Å². The molecule has 0 amide bonds. The van der Waals surface area contributed by atoms with Gasteiger partial charge in [0.05, 0.1) is 15.1 Å². The fourth-order valence-electron chi connectivity index (χ4n) is 1.36. The molecule has 1 heterocycles. The molecule has 0 N–H and O–H groups in total. The molecule has 2 aromatic rings. The molecule has 82 valence electrons. The summed E-state index contributed by atoms with van der Waals surface area (Å²) in [7, 11) is 0. The summed E-state index contributed by atoms with van der Waals surface area (Å²) >= 11 is 3.28. The average Bonchev–Trinajstić information content (AvgIpc) is 2.73. The molecule has 0 radical (unpaired) electrons. The predicted molar refractivity (Wildman–Crippen MR) is 60.5 cm³/mol. The Morgan fingerprint density at radius 2 is 2.25 bits per heavy atom. The normalized spacial score (nSPS) is 10.4. The van der Waals surface area contributed by atoms with Crippen LogP contribution in [0.2, 0.25) is 0 Å². The molecule has 16 heavy (non-hydrogen) atoms. The van der Waals surface area contributed by atoms with Gasteiger partial charge in [0.1, 0.15) is 12.7 Å². The fourth-order valence-corrected chi connectivity index (χ4v) is 1.87. The molecule has 0 unspecified atom stereocenters. The average molecular weight is 283 g/mol. The van der Waals surface area contributed by atoms with Crippen molar-refractivity contribution in [1.29, 1.82) is 0 Å². The molecular formula is C9H7BrN4O2. The molecule has 6 nitrogen and oxygen atoms in total. The number of halogens is 1. The van der Waals surface area contributed by atoms with Crippen LogP contribution in [0.1, 0.15) is 5.56 Å². The van der Waals surface area contributed by atoms with Crippen molar-refractivity contribution in [2.24, 2.45) is 0 Å². The first-order valence-corrected chi connectivity index (χ1v) is 5.18. The summed E-state index contributed by atoms with van der Waals surface area (Å²) in [4.78, 5) is 14.1. The molecule has 0 atom stereocenters. The van der Waals surface area contributed by atoms with Crippen molar-refractivity contribution in [3.63, 3.8) is 0 Å². The van der Waals surface area contributed by atoms with Gasteiger partial charge in [-0.05, 0) is 28.9 Å². The number of benzene rings is 1. The van der Waals surface area contributed by atoms with Crippen LogP contribution in [0.25, 0.3) is 5.69 Å². The van der Waals surface area contributed by atoms with Gasteiger partial charge in [0.25, 0.3) is 5.69 Å². The highest BCUT2D eigenvalue weighted by Crippen LogP contribution is 2.28. The van der Waals surface area contributed by atoms with Crippen molar-refractivity contribution < 1.29 is 4.92 Å². The van der Waals surface area contributed by atoms with E-state index in [2.05, 4.69) is 26.0 Å². The second-order valence-electron chi connectivity index (χ2n) is 3.19. The van der Waals surface area contributed by atoms with E-state index in [-0.39, 0.29) is 5.69 Å². The Kier molecular flexibility index (Phi) is 2.69. The van der Waals surface area contributed by atoms with Crippen LogP contribution >= 0.6 is 15.9 Å². The minimum atomic E-state index is -0.411. The Labute approximate surface area is 99.2 Å². The van der Waals surface area contributed by atoms with Crippen molar-refractivity contribution in [1.82, 2.24) is 14.8 Å². The Hall–Kier alpha value is -1.76. The van der Waals surface area contributed by atoms with E-state index < -0.39 is 4.92 Å². The SMILES string of the molecule is Cc1cc(-n2cncn2)c(Br)cc1[N+](=O)[O-]. The maximum absolute atomic E-state index is 10.7. The number of aryl methyl sites for hydroxylation is 1. The highest BCUT2D eigenvalue weighted by molar-refractivity contribution is 9.10. The lowest BCUT2D eigenvalue weighted by Gasteiger charge is -2.05. The monoisotopic (exact) mass is 282 g/mol. The summed E-state index contributed by atoms with van der Waals surface area (Å²) in [5, 5.41) is 14.7. The molecule has 0 bridgehead atoms. The third kappa shape index (κ3) is 1.81. The second-order valence-corrected chi connectivity index (χ2v) is 4.04. The lowest BCUT2D eigenvalue weighted by Crippen LogP contribution is -1.99. The summed E-state index contributed by atoms with van der Waals surface area (Å²) in [5.74, 6) is 0. The number of hydrogen-bond donors (Lipinski definition) is 0. The highest BCUT2D eigenvalue weighted by atomic mass is 79.9. The standard InChI is InChI=1S/C9H7BrN4O2/c1-6-2-9(13-5-11-4-12-13)7(10)3-8(6)14(15)16/h2-5H,1H3.